The third kappa shape index (κ3) is 4.01. The molecule has 0 radical (unpaired) electrons. The van der Waals surface area contributed by atoms with Crippen molar-refractivity contribution in [3.8, 4) is 0 Å². The van der Waals surface area contributed by atoms with Gasteiger partial charge >= 0.3 is 0 Å². The lowest BCUT2D eigenvalue weighted by Gasteiger charge is -2.04. The molecule has 3 aromatic rings. The quantitative estimate of drug-likeness (QED) is 0.624. The number of thiazole rings is 1. The SMILES string of the molecule is CCn1c(=NC(=O)CS(=O)(=O)c2ccc(F)cc2)sc2cc(C)c(C)cc21. The van der Waals surface area contributed by atoms with Crippen molar-refractivity contribution in [2.24, 2.45) is 4.99 Å². The summed E-state index contributed by atoms with van der Waals surface area (Å²) in [6.45, 7) is 6.59. The molecule has 8 heteroatoms. The van der Waals surface area contributed by atoms with Gasteiger partial charge in [0.15, 0.2) is 14.6 Å². The molecule has 0 aliphatic carbocycles. The third-order valence-corrected chi connectivity index (χ3v) is 6.98. The molecule has 0 atom stereocenters. The first-order valence-electron chi connectivity index (χ1n) is 8.37. The van der Waals surface area contributed by atoms with Gasteiger partial charge in [0.2, 0.25) is 0 Å². The molecule has 0 aliphatic rings. The number of halogens is 1. The second-order valence-corrected chi connectivity index (χ2v) is 9.25. The summed E-state index contributed by atoms with van der Waals surface area (Å²) < 4.78 is 40.6. The smallest absolute Gasteiger partial charge is 0.263 e. The number of carbonyl (C=O) groups is 1. The number of sulfone groups is 1. The summed E-state index contributed by atoms with van der Waals surface area (Å²) in [5.74, 6) is -2.04. The van der Waals surface area contributed by atoms with Crippen LogP contribution < -0.4 is 4.80 Å². The van der Waals surface area contributed by atoms with Crippen molar-refractivity contribution in [2.45, 2.75) is 32.2 Å². The van der Waals surface area contributed by atoms with Crippen molar-refractivity contribution in [3.63, 3.8) is 0 Å². The largest absolute Gasteiger partial charge is 0.317 e. The van der Waals surface area contributed by atoms with Crippen LogP contribution in [0.1, 0.15) is 18.1 Å². The van der Waals surface area contributed by atoms with Gasteiger partial charge in [0.05, 0.1) is 15.1 Å². The topological polar surface area (TPSA) is 68.5 Å². The minimum Gasteiger partial charge on any atom is -0.317 e. The van der Waals surface area contributed by atoms with E-state index in [1.807, 2.05) is 37.5 Å². The summed E-state index contributed by atoms with van der Waals surface area (Å²) in [6.07, 6.45) is 0. The lowest BCUT2D eigenvalue weighted by Crippen LogP contribution is -2.20. The van der Waals surface area contributed by atoms with Crippen LogP contribution in [0.4, 0.5) is 4.39 Å². The van der Waals surface area contributed by atoms with Crippen LogP contribution in [0.3, 0.4) is 0 Å². The number of benzene rings is 2. The third-order valence-electron chi connectivity index (χ3n) is 4.32. The van der Waals surface area contributed by atoms with E-state index in [1.165, 1.54) is 11.3 Å². The highest BCUT2D eigenvalue weighted by atomic mass is 32.2. The molecule has 0 spiro atoms. The molecule has 0 saturated carbocycles. The highest BCUT2D eigenvalue weighted by Gasteiger charge is 2.19. The molecule has 0 fully saturated rings. The molecule has 1 aromatic heterocycles. The molecule has 3 rings (SSSR count). The van der Waals surface area contributed by atoms with E-state index >= 15 is 0 Å². The molecule has 0 bridgehead atoms. The molecule has 0 aliphatic heterocycles. The molecular weight excluding hydrogens is 387 g/mol. The van der Waals surface area contributed by atoms with Gasteiger partial charge < -0.3 is 4.57 Å². The zero-order valence-corrected chi connectivity index (χ0v) is 16.8. The summed E-state index contributed by atoms with van der Waals surface area (Å²) in [7, 11) is -3.87. The highest BCUT2D eigenvalue weighted by Crippen LogP contribution is 2.22. The Kier molecular flexibility index (Phi) is 5.30. The molecule has 27 heavy (non-hydrogen) atoms. The van der Waals surface area contributed by atoms with E-state index < -0.39 is 27.3 Å². The van der Waals surface area contributed by atoms with Crippen molar-refractivity contribution in [1.29, 1.82) is 0 Å². The highest BCUT2D eigenvalue weighted by molar-refractivity contribution is 7.92. The first kappa shape index (κ1) is 19.4. The predicted molar refractivity (Wildman–Crippen MR) is 104 cm³/mol. The van der Waals surface area contributed by atoms with Gasteiger partial charge in [-0.25, -0.2) is 12.8 Å². The Balaban J connectivity index is 1.98. The number of fused-ring (bicyclic) bond motifs is 1. The van der Waals surface area contributed by atoms with E-state index in [-0.39, 0.29) is 4.90 Å². The van der Waals surface area contributed by atoms with Gasteiger partial charge in [-0.3, -0.25) is 4.79 Å². The van der Waals surface area contributed by atoms with E-state index in [0.29, 0.717) is 11.3 Å². The average molecular weight is 407 g/mol. The van der Waals surface area contributed by atoms with Crippen LogP contribution >= 0.6 is 11.3 Å². The van der Waals surface area contributed by atoms with Crippen LogP contribution in [0.2, 0.25) is 0 Å². The summed E-state index contributed by atoms with van der Waals surface area (Å²) in [5.41, 5.74) is 3.25. The molecular formula is C19H19FN2O3S2. The summed E-state index contributed by atoms with van der Waals surface area (Å²) in [5, 5.41) is 0. The second-order valence-electron chi connectivity index (χ2n) is 6.25. The molecule has 0 N–H and O–H groups in total. The fourth-order valence-corrected chi connectivity index (χ4v) is 5.04. The number of rotatable bonds is 4. The van der Waals surface area contributed by atoms with Crippen molar-refractivity contribution in [3.05, 3.63) is 58.1 Å². The zero-order valence-electron chi connectivity index (χ0n) is 15.2. The second kappa shape index (κ2) is 7.36. The lowest BCUT2D eigenvalue weighted by atomic mass is 10.1. The van der Waals surface area contributed by atoms with Crippen molar-refractivity contribution < 1.29 is 17.6 Å². The minimum atomic E-state index is -3.87. The lowest BCUT2D eigenvalue weighted by molar-refractivity contribution is -0.115. The van der Waals surface area contributed by atoms with Gasteiger partial charge in [-0.1, -0.05) is 11.3 Å². The van der Waals surface area contributed by atoms with Crippen LogP contribution in [0.25, 0.3) is 10.2 Å². The monoisotopic (exact) mass is 406 g/mol. The van der Waals surface area contributed by atoms with Crippen molar-refractivity contribution in [1.82, 2.24) is 4.57 Å². The molecule has 0 saturated heterocycles. The molecule has 0 unspecified atom stereocenters. The number of hydrogen-bond acceptors (Lipinski definition) is 4. The summed E-state index contributed by atoms with van der Waals surface area (Å²) >= 11 is 1.35. The normalized spacial score (nSPS) is 12.7. The predicted octanol–water partition coefficient (Wildman–Crippen LogP) is 3.38. The van der Waals surface area contributed by atoms with Gasteiger partial charge in [-0.05, 0) is 68.3 Å². The van der Waals surface area contributed by atoms with Crippen molar-refractivity contribution in [2.75, 3.05) is 5.75 Å². The Morgan fingerprint density at radius 3 is 2.41 bits per heavy atom. The van der Waals surface area contributed by atoms with E-state index in [0.717, 1.165) is 45.6 Å². The van der Waals surface area contributed by atoms with Gasteiger partial charge in [-0.15, -0.1) is 0 Å². The number of amides is 1. The maximum atomic E-state index is 13.0. The molecule has 1 amide bonds. The number of aromatic nitrogens is 1. The van der Waals surface area contributed by atoms with E-state index in [2.05, 4.69) is 4.99 Å². The summed E-state index contributed by atoms with van der Waals surface area (Å²) in [4.78, 5) is 16.7. The number of carbonyl (C=O) groups excluding carboxylic acids is 1. The van der Waals surface area contributed by atoms with Crippen LogP contribution in [0.15, 0.2) is 46.3 Å². The first-order chi connectivity index (χ1) is 12.7. The zero-order chi connectivity index (χ0) is 19.8. The Morgan fingerprint density at radius 1 is 1.15 bits per heavy atom. The average Bonchev–Trinajstić information content (AvgIpc) is 2.90. The molecule has 5 nitrogen and oxygen atoms in total. The van der Waals surface area contributed by atoms with Crippen LogP contribution in [-0.2, 0) is 21.2 Å². The van der Waals surface area contributed by atoms with E-state index in [4.69, 9.17) is 0 Å². The van der Waals surface area contributed by atoms with Gasteiger partial charge in [0, 0.05) is 6.54 Å². The van der Waals surface area contributed by atoms with Gasteiger partial charge in [0.25, 0.3) is 5.91 Å². The van der Waals surface area contributed by atoms with Gasteiger partial charge in [-0.2, -0.15) is 4.99 Å². The molecule has 1 heterocycles. The summed E-state index contributed by atoms with van der Waals surface area (Å²) in [6, 6.07) is 8.49. The fraction of sp³-hybridized carbons (Fsp3) is 0.263. The maximum Gasteiger partial charge on any atom is 0.263 e. The Bertz CT molecular complexity index is 1190. The van der Waals surface area contributed by atoms with Crippen LogP contribution in [0.5, 0.6) is 0 Å². The number of aryl methyl sites for hydroxylation is 3. The number of hydrogen-bond donors (Lipinski definition) is 0. The van der Waals surface area contributed by atoms with E-state index in [1.54, 1.807) is 0 Å². The Hall–Kier alpha value is -2.32. The fourth-order valence-electron chi connectivity index (χ4n) is 2.74. The molecule has 2 aromatic carbocycles. The Morgan fingerprint density at radius 2 is 1.78 bits per heavy atom. The first-order valence-corrected chi connectivity index (χ1v) is 10.8. The van der Waals surface area contributed by atoms with E-state index in [9.17, 15) is 17.6 Å². The number of nitrogens with zero attached hydrogens (tertiary/aromatic N) is 2. The molecule has 142 valence electrons. The van der Waals surface area contributed by atoms with Crippen molar-refractivity contribution >= 4 is 37.3 Å². The van der Waals surface area contributed by atoms with Crippen LogP contribution in [-0.4, -0.2) is 24.6 Å². The standard InChI is InChI=1S/C19H19FN2O3S2/c1-4-22-16-9-12(2)13(3)10-17(16)26-19(22)21-18(23)11-27(24,25)15-7-5-14(20)6-8-15/h5-10H,4,11H2,1-3H3. The van der Waals surface area contributed by atoms with Crippen LogP contribution in [0, 0.1) is 19.7 Å². The minimum absolute atomic E-state index is 0.0987. The van der Waals surface area contributed by atoms with Gasteiger partial charge in [0.1, 0.15) is 11.6 Å². The Labute approximate surface area is 160 Å². The maximum absolute atomic E-state index is 13.0.